The molecule has 1 aromatic heterocycles. The maximum absolute atomic E-state index is 14.1. The van der Waals surface area contributed by atoms with E-state index >= 15 is 0 Å². The van der Waals surface area contributed by atoms with Gasteiger partial charge < -0.3 is 25.4 Å². The average Bonchev–Trinajstić information content (AvgIpc) is 3.46. The molecule has 5 unspecified atom stereocenters. The number of nitrogens with zero attached hydrogens (tertiary/aromatic N) is 3. The highest BCUT2D eigenvalue weighted by atomic mass is 32.1. The zero-order chi connectivity index (χ0) is 38.0. The van der Waals surface area contributed by atoms with Gasteiger partial charge in [0.15, 0.2) is 6.10 Å². The molecular formula is C38H57N5O7S. The lowest BCUT2D eigenvalue weighted by molar-refractivity contribution is -0.149. The van der Waals surface area contributed by atoms with Gasteiger partial charge in [-0.2, -0.15) is 0 Å². The highest BCUT2D eigenvalue weighted by Gasteiger charge is 2.37. The van der Waals surface area contributed by atoms with Crippen molar-refractivity contribution in [1.82, 2.24) is 25.4 Å². The van der Waals surface area contributed by atoms with Crippen molar-refractivity contribution in [3.63, 3.8) is 0 Å². The molecule has 3 amide bonds. The molecule has 0 spiro atoms. The Morgan fingerprint density at radius 3 is 2.25 bits per heavy atom. The maximum atomic E-state index is 14.1. The highest BCUT2D eigenvalue weighted by molar-refractivity contribution is 7.12. The van der Waals surface area contributed by atoms with Gasteiger partial charge in [-0.15, -0.1) is 11.3 Å². The van der Waals surface area contributed by atoms with Crippen molar-refractivity contribution >= 4 is 41.0 Å². The van der Waals surface area contributed by atoms with Gasteiger partial charge >= 0.3 is 11.9 Å². The molecule has 0 aliphatic carbocycles. The number of carbonyl (C=O) groups excluding carboxylic acids is 4. The van der Waals surface area contributed by atoms with Crippen LogP contribution in [0.25, 0.3) is 0 Å². The molecule has 3 rings (SSSR count). The first-order valence-corrected chi connectivity index (χ1v) is 18.8. The number of aryl methyl sites for hydroxylation is 1. The number of rotatable bonds is 17. The second-order valence-electron chi connectivity index (χ2n) is 14.6. The topological polar surface area (TPSA) is 158 Å². The normalized spacial score (nSPS) is 18.0. The van der Waals surface area contributed by atoms with E-state index in [1.807, 2.05) is 70.0 Å². The van der Waals surface area contributed by atoms with Crippen LogP contribution in [0.2, 0.25) is 0 Å². The molecule has 1 fully saturated rings. The summed E-state index contributed by atoms with van der Waals surface area (Å²) in [6, 6.07) is 7.67. The highest BCUT2D eigenvalue weighted by Crippen LogP contribution is 2.33. The standard InChI is InChI=1S/C38H57N5O7S/c1-22(2)30(43(9)37(47)32(23(3)4)40-34(45)29-17-13-14-18-42(29)8)21-31(50-26(7)44)36-41-33(25(6)51-36)35(46)39-28(19-24(5)38(48)49)20-27-15-11-10-12-16-27/h10-12,15-16,22-24,28-32H,13-14,17-21H2,1-9H3,(H,39,46)(H,40,45)(H,48,49)/t24?,28?,29-,30?,31?,32?/m1/s1. The van der Waals surface area contributed by atoms with E-state index in [0.717, 1.165) is 31.4 Å². The maximum Gasteiger partial charge on any atom is 0.306 e. The Balaban J connectivity index is 1.83. The number of carbonyl (C=O) groups is 5. The van der Waals surface area contributed by atoms with Gasteiger partial charge in [-0.3, -0.25) is 28.9 Å². The molecule has 0 bridgehead atoms. The minimum atomic E-state index is -0.944. The molecule has 1 aliphatic rings. The Labute approximate surface area is 306 Å². The summed E-state index contributed by atoms with van der Waals surface area (Å²) in [5, 5.41) is 16.0. The fourth-order valence-corrected chi connectivity index (χ4v) is 7.65. The second-order valence-corrected chi connectivity index (χ2v) is 15.8. The molecule has 1 aromatic carbocycles. The zero-order valence-electron chi connectivity index (χ0n) is 31.6. The molecule has 6 atom stereocenters. The van der Waals surface area contributed by atoms with Gasteiger partial charge in [0.05, 0.1) is 12.0 Å². The average molecular weight is 728 g/mol. The van der Waals surface area contributed by atoms with Gasteiger partial charge in [-0.05, 0) is 63.6 Å². The van der Waals surface area contributed by atoms with E-state index in [9.17, 15) is 29.1 Å². The summed E-state index contributed by atoms with van der Waals surface area (Å²) in [5.74, 6) is -3.18. The molecule has 2 aromatic rings. The molecule has 3 N–H and O–H groups in total. The number of amides is 3. The number of likely N-dealkylation sites (N-methyl/N-ethyl adjacent to an activating group) is 2. The van der Waals surface area contributed by atoms with Crippen LogP contribution in [0, 0.1) is 24.7 Å². The molecule has 12 nitrogen and oxygen atoms in total. The van der Waals surface area contributed by atoms with E-state index in [0.29, 0.717) is 16.3 Å². The molecule has 0 saturated carbocycles. The summed E-state index contributed by atoms with van der Waals surface area (Å²) in [7, 11) is 3.65. The van der Waals surface area contributed by atoms with Crippen LogP contribution in [-0.2, 0) is 30.3 Å². The van der Waals surface area contributed by atoms with Crippen LogP contribution >= 0.6 is 11.3 Å². The smallest absolute Gasteiger partial charge is 0.306 e. The molecule has 13 heteroatoms. The number of hydrogen-bond donors (Lipinski definition) is 3. The number of piperidine rings is 1. The van der Waals surface area contributed by atoms with Crippen molar-refractivity contribution in [1.29, 1.82) is 0 Å². The molecule has 0 radical (unpaired) electrons. The summed E-state index contributed by atoms with van der Waals surface area (Å²) in [5.41, 5.74) is 1.14. The zero-order valence-corrected chi connectivity index (χ0v) is 32.4. The molecule has 51 heavy (non-hydrogen) atoms. The minimum Gasteiger partial charge on any atom is -0.481 e. The Morgan fingerprint density at radius 2 is 1.69 bits per heavy atom. The summed E-state index contributed by atoms with van der Waals surface area (Å²) in [6.07, 6.45) is 2.82. The van der Waals surface area contributed by atoms with Crippen molar-refractivity contribution in [2.24, 2.45) is 17.8 Å². The van der Waals surface area contributed by atoms with E-state index in [1.165, 1.54) is 18.3 Å². The van der Waals surface area contributed by atoms with Crippen LogP contribution in [-0.4, -0.2) is 94.4 Å². The lowest BCUT2D eigenvalue weighted by Gasteiger charge is -2.37. The predicted molar refractivity (Wildman–Crippen MR) is 197 cm³/mol. The summed E-state index contributed by atoms with van der Waals surface area (Å²) >= 11 is 1.24. The van der Waals surface area contributed by atoms with Crippen molar-refractivity contribution in [3.8, 4) is 0 Å². The first kappa shape index (κ1) is 41.6. The van der Waals surface area contributed by atoms with Crippen LogP contribution in [0.3, 0.4) is 0 Å². The third-order valence-corrected chi connectivity index (χ3v) is 10.8. The second kappa shape index (κ2) is 19.1. The third kappa shape index (κ3) is 11.8. The molecule has 282 valence electrons. The number of aliphatic carboxylic acids is 1. The number of carboxylic acids is 1. The van der Waals surface area contributed by atoms with E-state index in [1.54, 1.807) is 25.8 Å². The number of ether oxygens (including phenoxy) is 1. The molecule has 1 saturated heterocycles. The first-order valence-electron chi connectivity index (χ1n) is 18.0. The molecule has 2 heterocycles. The van der Waals surface area contributed by atoms with Crippen LogP contribution in [0.1, 0.15) is 106 Å². The number of thiazole rings is 1. The molecule has 1 aliphatic heterocycles. The van der Waals surface area contributed by atoms with E-state index < -0.39 is 48.0 Å². The number of benzene rings is 1. The lowest BCUT2D eigenvalue weighted by atomic mass is 9.94. The van der Waals surface area contributed by atoms with Gasteiger partial charge in [0.1, 0.15) is 16.7 Å². The Hall–Kier alpha value is -3.84. The van der Waals surface area contributed by atoms with Gasteiger partial charge in [0.2, 0.25) is 11.8 Å². The number of likely N-dealkylation sites (tertiary alicyclic amines) is 1. The van der Waals surface area contributed by atoms with E-state index in [4.69, 9.17) is 4.74 Å². The number of esters is 1. The number of hydrogen-bond acceptors (Lipinski definition) is 9. The van der Waals surface area contributed by atoms with Crippen molar-refractivity contribution in [3.05, 3.63) is 51.5 Å². The van der Waals surface area contributed by atoms with Gasteiger partial charge in [-0.25, -0.2) is 4.98 Å². The van der Waals surface area contributed by atoms with Crippen LogP contribution in [0.15, 0.2) is 30.3 Å². The number of aromatic nitrogens is 1. The molecular weight excluding hydrogens is 671 g/mol. The summed E-state index contributed by atoms with van der Waals surface area (Å²) in [6.45, 7) is 13.3. The van der Waals surface area contributed by atoms with Crippen molar-refractivity contribution < 1.29 is 33.8 Å². The quantitative estimate of drug-likeness (QED) is 0.191. The van der Waals surface area contributed by atoms with Crippen molar-refractivity contribution in [2.45, 2.75) is 117 Å². The number of carboxylic acid groups (broad SMARTS) is 1. The lowest BCUT2D eigenvalue weighted by Crippen LogP contribution is -2.57. The SMILES string of the molecule is CC(=O)OC(CC(C(C)C)N(C)C(=O)C(NC(=O)[C@H]1CCCCN1C)C(C)C)c1nc(C(=O)NC(Cc2ccccc2)CC(C)C(=O)O)c(C)s1. The third-order valence-electron chi connectivity index (χ3n) is 9.71. The van der Waals surface area contributed by atoms with E-state index in [2.05, 4.69) is 15.6 Å². The Bertz CT molecular complexity index is 1500. The van der Waals surface area contributed by atoms with E-state index in [-0.39, 0.29) is 48.2 Å². The van der Waals surface area contributed by atoms with Gasteiger partial charge in [-0.1, -0.05) is 71.4 Å². The van der Waals surface area contributed by atoms with Crippen LogP contribution in [0.4, 0.5) is 0 Å². The van der Waals surface area contributed by atoms with Crippen LogP contribution < -0.4 is 10.6 Å². The largest absolute Gasteiger partial charge is 0.481 e. The first-order chi connectivity index (χ1) is 24.0. The number of nitrogens with one attached hydrogen (secondary N) is 2. The Morgan fingerprint density at radius 1 is 1.02 bits per heavy atom. The van der Waals surface area contributed by atoms with Crippen molar-refractivity contribution in [2.75, 3.05) is 20.6 Å². The van der Waals surface area contributed by atoms with Gasteiger partial charge in [0, 0.05) is 37.4 Å². The predicted octanol–water partition coefficient (Wildman–Crippen LogP) is 5.01. The summed E-state index contributed by atoms with van der Waals surface area (Å²) < 4.78 is 5.80. The monoisotopic (exact) mass is 727 g/mol. The minimum absolute atomic E-state index is 0.0520. The van der Waals surface area contributed by atoms with Gasteiger partial charge in [0.25, 0.3) is 5.91 Å². The van der Waals surface area contributed by atoms with Crippen LogP contribution in [0.5, 0.6) is 0 Å². The fourth-order valence-electron chi connectivity index (χ4n) is 6.69. The summed E-state index contributed by atoms with van der Waals surface area (Å²) in [4.78, 5) is 74.0. The fraction of sp³-hybridized carbons (Fsp3) is 0.632. The Kier molecular flexibility index (Phi) is 15.6.